The molecular weight excluding hydrogens is 300 g/mol. The second kappa shape index (κ2) is 7.36. The van der Waals surface area contributed by atoms with Crippen molar-refractivity contribution in [2.75, 3.05) is 31.9 Å². The Morgan fingerprint density at radius 2 is 2.10 bits per heavy atom. The van der Waals surface area contributed by atoms with Gasteiger partial charge < -0.3 is 5.32 Å². The van der Waals surface area contributed by atoms with E-state index in [4.69, 9.17) is 0 Å². The summed E-state index contributed by atoms with van der Waals surface area (Å²) in [5.74, 6) is 1.27. The van der Waals surface area contributed by atoms with Gasteiger partial charge in [0, 0.05) is 36.7 Å². The van der Waals surface area contributed by atoms with E-state index >= 15 is 0 Å². The van der Waals surface area contributed by atoms with Gasteiger partial charge in [-0.15, -0.1) is 12.4 Å². The maximum Gasteiger partial charge on any atom is 0.0464 e. The highest BCUT2D eigenvalue weighted by Crippen LogP contribution is 2.38. The molecule has 2 fully saturated rings. The summed E-state index contributed by atoms with van der Waals surface area (Å²) < 4.78 is 0. The molecule has 0 amide bonds. The molecule has 0 bridgehead atoms. The molecule has 0 saturated carbocycles. The molecule has 3 atom stereocenters. The second-order valence-corrected chi connectivity index (χ2v) is 8.12. The first kappa shape index (κ1) is 17.1. The lowest BCUT2D eigenvalue weighted by atomic mass is 9.87. The highest BCUT2D eigenvalue weighted by Gasteiger charge is 2.36. The maximum atomic E-state index is 3.54. The molecule has 0 aromatic heterocycles. The number of hydrogen-bond acceptors (Lipinski definition) is 3. The van der Waals surface area contributed by atoms with E-state index in [2.05, 4.69) is 66.2 Å². The van der Waals surface area contributed by atoms with E-state index in [0.717, 1.165) is 0 Å². The predicted molar refractivity (Wildman–Crippen MR) is 95.5 cm³/mol. The first-order valence-corrected chi connectivity index (χ1v) is 8.84. The van der Waals surface area contributed by atoms with Crippen molar-refractivity contribution in [1.29, 1.82) is 0 Å². The molecule has 3 rings (SSSR count). The molecule has 21 heavy (non-hydrogen) atoms. The van der Waals surface area contributed by atoms with Gasteiger partial charge in [0.15, 0.2) is 0 Å². The zero-order chi connectivity index (χ0) is 14.0. The molecule has 0 spiro atoms. The average Bonchev–Trinajstić information content (AvgIpc) is 2.86. The van der Waals surface area contributed by atoms with Gasteiger partial charge in [-0.2, -0.15) is 11.8 Å². The van der Waals surface area contributed by atoms with E-state index in [1.165, 1.54) is 43.9 Å². The number of thioether (sulfide) groups is 1. The van der Waals surface area contributed by atoms with Crippen molar-refractivity contribution in [1.82, 2.24) is 10.2 Å². The van der Waals surface area contributed by atoms with Gasteiger partial charge in [0.25, 0.3) is 0 Å². The summed E-state index contributed by atoms with van der Waals surface area (Å²) in [6.07, 6.45) is 1.31. The smallest absolute Gasteiger partial charge is 0.0464 e. The topological polar surface area (TPSA) is 15.3 Å². The molecule has 4 heteroatoms. The van der Waals surface area contributed by atoms with E-state index in [-0.39, 0.29) is 12.4 Å². The number of rotatable bonds is 3. The van der Waals surface area contributed by atoms with E-state index in [0.29, 0.717) is 16.7 Å². The molecule has 2 nitrogen and oxygen atoms in total. The normalized spacial score (nSPS) is 33.6. The van der Waals surface area contributed by atoms with Crippen LogP contribution in [0.4, 0.5) is 0 Å². The molecule has 1 aromatic rings. The van der Waals surface area contributed by atoms with Crippen LogP contribution < -0.4 is 5.32 Å². The molecule has 1 aromatic carbocycles. The van der Waals surface area contributed by atoms with Gasteiger partial charge in [-0.3, -0.25) is 4.90 Å². The average molecular weight is 327 g/mol. The van der Waals surface area contributed by atoms with Crippen molar-refractivity contribution in [2.45, 2.75) is 31.6 Å². The zero-order valence-corrected chi connectivity index (χ0v) is 14.7. The van der Waals surface area contributed by atoms with Crippen LogP contribution in [-0.4, -0.2) is 42.1 Å². The van der Waals surface area contributed by atoms with Gasteiger partial charge in [-0.1, -0.05) is 44.2 Å². The molecule has 2 heterocycles. The van der Waals surface area contributed by atoms with Crippen LogP contribution in [0, 0.1) is 5.41 Å². The Balaban J connectivity index is 0.00000161. The maximum absolute atomic E-state index is 3.54. The van der Waals surface area contributed by atoms with Crippen molar-refractivity contribution >= 4 is 24.2 Å². The van der Waals surface area contributed by atoms with Gasteiger partial charge in [0.1, 0.15) is 0 Å². The summed E-state index contributed by atoms with van der Waals surface area (Å²) >= 11 is 2.12. The quantitative estimate of drug-likeness (QED) is 0.914. The lowest BCUT2D eigenvalue weighted by Crippen LogP contribution is -2.46. The summed E-state index contributed by atoms with van der Waals surface area (Å²) in [6.45, 7) is 9.65. The van der Waals surface area contributed by atoms with Crippen LogP contribution in [0.1, 0.15) is 31.9 Å². The van der Waals surface area contributed by atoms with Crippen molar-refractivity contribution in [3.63, 3.8) is 0 Å². The summed E-state index contributed by atoms with van der Waals surface area (Å²) in [7, 11) is 0. The van der Waals surface area contributed by atoms with Crippen LogP contribution in [0.2, 0.25) is 0 Å². The minimum atomic E-state index is 0. The fourth-order valence-corrected chi connectivity index (χ4v) is 4.91. The number of benzene rings is 1. The van der Waals surface area contributed by atoms with Gasteiger partial charge >= 0.3 is 0 Å². The summed E-state index contributed by atoms with van der Waals surface area (Å²) in [6, 6.07) is 11.7. The third-order valence-electron chi connectivity index (χ3n) is 4.78. The summed E-state index contributed by atoms with van der Waals surface area (Å²) in [4.78, 5) is 2.74. The fourth-order valence-electron chi connectivity index (χ4n) is 3.69. The Morgan fingerprint density at radius 1 is 1.33 bits per heavy atom. The third kappa shape index (κ3) is 3.95. The largest absolute Gasteiger partial charge is 0.316 e. The Labute approximate surface area is 139 Å². The third-order valence-corrected chi connectivity index (χ3v) is 5.98. The number of halogens is 1. The molecule has 2 aliphatic heterocycles. The molecular formula is C17H27ClN2S. The summed E-state index contributed by atoms with van der Waals surface area (Å²) in [5.41, 5.74) is 1.94. The predicted octanol–water partition coefficient (Wildman–Crippen LogP) is 3.59. The van der Waals surface area contributed by atoms with Crippen LogP contribution in [0.5, 0.6) is 0 Å². The van der Waals surface area contributed by atoms with Gasteiger partial charge in [0.2, 0.25) is 0 Å². The van der Waals surface area contributed by atoms with Crippen LogP contribution in [0.25, 0.3) is 0 Å². The first-order valence-electron chi connectivity index (χ1n) is 7.79. The van der Waals surface area contributed by atoms with Crippen molar-refractivity contribution < 1.29 is 0 Å². The molecule has 118 valence electrons. The van der Waals surface area contributed by atoms with Gasteiger partial charge in [-0.25, -0.2) is 0 Å². The van der Waals surface area contributed by atoms with Crippen molar-refractivity contribution in [3.8, 4) is 0 Å². The van der Waals surface area contributed by atoms with Crippen molar-refractivity contribution in [2.24, 2.45) is 5.41 Å². The Hall–Kier alpha value is -0.220. The Bertz CT molecular complexity index is 434. The Kier molecular flexibility index (Phi) is 6.01. The van der Waals surface area contributed by atoms with E-state index in [9.17, 15) is 0 Å². The molecule has 1 N–H and O–H groups in total. The lowest BCUT2D eigenvalue weighted by molar-refractivity contribution is 0.130. The van der Waals surface area contributed by atoms with E-state index < -0.39 is 0 Å². The molecule has 2 saturated heterocycles. The number of hydrogen-bond donors (Lipinski definition) is 1. The summed E-state index contributed by atoms with van der Waals surface area (Å²) in [5, 5.41) is 4.22. The second-order valence-electron chi connectivity index (χ2n) is 6.64. The van der Waals surface area contributed by atoms with Crippen LogP contribution in [0.3, 0.4) is 0 Å². The van der Waals surface area contributed by atoms with E-state index in [1.54, 1.807) is 0 Å². The Morgan fingerprint density at radius 3 is 2.76 bits per heavy atom. The minimum absolute atomic E-state index is 0. The molecule has 3 unspecified atom stereocenters. The SMILES string of the molecule is CC1SCCN(CC2(C)CCNC2)C1c1ccccc1.Cl. The van der Waals surface area contributed by atoms with Crippen LogP contribution >= 0.6 is 24.2 Å². The monoisotopic (exact) mass is 326 g/mol. The van der Waals surface area contributed by atoms with Gasteiger partial charge in [0.05, 0.1) is 0 Å². The molecule has 0 radical (unpaired) electrons. The lowest BCUT2D eigenvalue weighted by Gasteiger charge is -2.43. The standard InChI is InChI=1S/C17H26N2S.ClH/c1-14-16(15-6-4-3-5-7-15)19(10-11-20-14)13-17(2)8-9-18-12-17;/h3-7,14,16,18H,8-13H2,1-2H3;1H. The zero-order valence-electron chi connectivity index (χ0n) is 13.0. The molecule has 0 aliphatic carbocycles. The highest BCUT2D eigenvalue weighted by atomic mass is 35.5. The number of nitrogens with one attached hydrogen (secondary N) is 1. The van der Waals surface area contributed by atoms with Crippen molar-refractivity contribution in [3.05, 3.63) is 35.9 Å². The highest BCUT2D eigenvalue weighted by molar-refractivity contribution is 8.00. The van der Waals surface area contributed by atoms with E-state index in [1.807, 2.05) is 0 Å². The fraction of sp³-hybridized carbons (Fsp3) is 0.647. The number of nitrogens with zero attached hydrogens (tertiary/aromatic N) is 1. The minimum Gasteiger partial charge on any atom is -0.316 e. The van der Waals surface area contributed by atoms with Crippen LogP contribution in [-0.2, 0) is 0 Å². The molecule has 2 aliphatic rings. The van der Waals surface area contributed by atoms with Crippen LogP contribution in [0.15, 0.2) is 30.3 Å². The first-order chi connectivity index (χ1) is 9.68. The van der Waals surface area contributed by atoms with Gasteiger partial charge in [-0.05, 0) is 23.9 Å².